The minimum absolute atomic E-state index is 0.601. The molecule has 0 aromatic heterocycles. The molecule has 0 bridgehead atoms. The normalized spacial score (nSPS) is 20.2. The second-order valence-electron chi connectivity index (χ2n) is 3.66. The lowest BCUT2D eigenvalue weighted by atomic mass is 10.2. The number of hydrogen-bond acceptors (Lipinski definition) is 3. The molecule has 80 valence electrons. The highest BCUT2D eigenvalue weighted by molar-refractivity contribution is 9.10. The van der Waals surface area contributed by atoms with Crippen LogP contribution in [0.25, 0.3) is 0 Å². The number of halogens is 1. The Morgan fingerprint density at radius 3 is 2.93 bits per heavy atom. The first-order valence-electron chi connectivity index (χ1n) is 4.89. The maximum Gasteiger partial charge on any atom is 0.161 e. The lowest BCUT2D eigenvalue weighted by Gasteiger charge is -2.07. The Hall–Kier alpha value is -0.480. The zero-order chi connectivity index (χ0) is 10.8. The lowest BCUT2D eigenvalue weighted by molar-refractivity contribution is 0.976. The van der Waals surface area contributed by atoms with Crippen LogP contribution in [0.15, 0.2) is 27.7 Å². The fraction of sp³-hybridized carbons (Fsp3) is 0.364. The molecule has 1 aliphatic rings. The van der Waals surface area contributed by atoms with Crippen molar-refractivity contribution >= 4 is 38.5 Å². The summed E-state index contributed by atoms with van der Waals surface area (Å²) in [6.07, 6.45) is 0. The van der Waals surface area contributed by atoms with Crippen LogP contribution in [0.2, 0.25) is 0 Å². The number of nitrogens with zero attached hydrogens (tertiary/aromatic N) is 1. The average molecular weight is 285 g/mol. The van der Waals surface area contributed by atoms with Gasteiger partial charge in [-0.3, -0.25) is 4.99 Å². The fourth-order valence-corrected chi connectivity index (χ4v) is 2.49. The molecular weight excluding hydrogens is 272 g/mol. The Labute approximate surface area is 103 Å². The van der Waals surface area contributed by atoms with Crippen molar-refractivity contribution in [3.8, 4) is 0 Å². The van der Waals surface area contributed by atoms with Crippen LogP contribution >= 0.6 is 27.7 Å². The standard InChI is InChI=1S/C11H13BrN2S/c1-7-5-9(3-4-10(7)12)14-11-13-6-8(2)15-11/h3-5,8H,6H2,1-2H3,(H,13,14). The van der Waals surface area contributed by atoms with E-state index in [1.165, 1.54) is 5.56 Å². The molecule has 1 heterocycles. The van der Waals surface area contributed by atoms with E-state index in [-0.39, 0.29) is 0 Å². The Bertz CT molecular complexity index is 404. The van der Waals surface area contributed by atoms with Crippen molar-refractivity contribution in [3.63, 3.8) is 0 Å². The molecule has 1 aromatic carbocycles. The number of anilines is 1. The van der Waals surface area contributed by atoms with Crippen LogP contribution in [-0.2, 0) is 0 Å². The number of benzene rings is 1. The van der Waals surface area contributed by atoms with Gasteiger partial charge in [-0.05, 0) is 30.7 Å². The maximum atomic E-state index is 4.42. The van der Waals surface area contributed by atoms with E-state index in [4.69, 9.17) is 0 Å². The zero-order valence-corrected chi connectivity index (χ0v) is 11.2. The molecule has 0 fully saturated rings. The van der Waals surface area contributed by atoms with Crippen LogP contribution in [0.3, 0.4) is 0 Å². The number of amidine groups is 1. The summed E-state index contributed by atoms with van der Waals surface area (Å²) >= 11 is 5.29. The first kappa shape index (κ1) is 11.0. The third kappa shape index (κ3) is 2.75. The number of thioether (sulfide) groups is 1. The van der Waals surface area contributed by atoms with Crippen molar-refractivity contribution in [2.45, 2.75) is 19.1 Å². The molecule has 15 heavy (non-hydrogen) atoms. The van der Waals surface area contributed by atoms with Crippen LogP contribution < -0.4 is 5.32 Å². The van der Waals surface area contributed by atoms with Gasteiger partial charge in [0.05, 0.1) is 6.54 Å². The highest BCUT2D eigenvalue weighted by Crippen LogP contribution is 2.24. The number of hydrogen-bond donors (Lipinski definition) is 1. The van der Waals surface area contributed by atoms with E-state index in [1.54, 1.807) is 11.8 Å². The van der Waals surface area contributed by atoms with Crippen LogP contribution in [0.5, 0.6) is 0 Å². The summed E-state index contributed by atoms with van der Waals surface area (Å²) in [6.45, 7) is 5.19. The average Bonchev–Trinajstić information content (AvgIpc) is 2.58. The highest BCUT2D eigenvalue weighted by atomic mass is 79.9. The van der Waals surface area contributed by atoms with Gasteiger partial charge in [0.2, 0.25) is 0 Å². The van der Waals surface area contributed by atoms with Crippen LogP contribution in [0, 0.1) is 6.92 Å². The summed E-state index contributed by atoms with van der Waals surface area (Å²) in [5.41, 5.74) is 2.34. The molecule has 1 N–H and O–H groups in total. The minimum atomic E-state index is 0.601. The van der Waals surface area contributed by atoms with E-state index in [0.717, 1.165) is 21.9 Å². The molecule has 0 spiro atoms. The second-order valence-corrected chi connectivity index (χ2v) is 5.94. The molecule has 0 saturated heterocycles. The summed E-state index contributed by atoms with van der Waals surface area (Å²) < 4.78 is 1.14. The Balaban J connectivity index is 2.08. The summed E-state index contributed by atoms with van der Waals surface area (Å²) in [5.74, 6) is 0. The third-order valence-corrected chi connectivity index (χ3v) is 4.11. The molecule has 2 nitrogen and oxygen atoms in total. The number of aryl methyl sites for hydroxylation is 1. The van der Waals surface area contributed by atoms with Gasteiger partial charge in [-0.15, -0.1) is 0 Å². The second kappa shape index (κ2) is 4.58. The predicted octanol–water partition coefficient (Wildman–Crippen LogP) is 3.66. The smallest absolute Gasteiger partial charge is 0.161 e. The van der Waals surface area contributed by atoms with Crippen molar-refractivity contribution in [3.05, 3.63) is 28.2 Å². The van der Waals surface area contributed by atoms with Crippen molar-refractivity contribution in [1.29, 1.82) is 0 Å². The summed E-state index contributed by atoms with van der Waals surface area (Å²) in [7, 11) is 0. The van der Waals surface area contributed by atoms with Crippen LogP contribution in [-0.4, -0.2) is 17.0 Å². The zero-order valence-electron chi connectivity index (χ0n) is 8.75. The summed E-state index contributed by atoms with van der Waals surface area (Å²) in [4.78, 5) is 4.42. The van der Waals surface area contributed by atoms with E-state index < -0.39 is 0 Å². The maximum absolute atomic E-state index is 4.42. The van der Waals surface area contributed by atoms with E-state index >= 15 is 0 Å². The molecule has 1 aromatic rings. The van der Waals surface area contributed by atoms with E-state index in [1.807, 2.05) is 0 Å². The van der Waals surface area contributed by atoms with Gasteiger partial charge in [0.25, 0.3) is 0 Å². The van der Waals surface area contributed by atoms with Crippen molar-refractivity contribution < 1.29 is 0 Å². The SMILES string of the molecule is Cc1cc(NC2=NCC(C)S2)ccc1Br. The molecule has 0 radical (unpaired) electrons. The van der Waals surface area contributed by atoms with Crippen molar-refractivity contribution in [2.24, 2.45) is 4.99 Å². The molecular formula is C11H13BrN2S. The van der Waals surface area contributed by atoms with Gasteiger partial charge in [0.1, 0.15) is 0 Å². The van der Waals surface area contributed by atoms with Crippen LogP contribution in [0.1, 0.15) is 12.5 Å². The molecule has 2 rings (SSSR count). The fourth-order valence-electron chi connectivity index (χ4n) is 1.39. The molecule has 4 heteroatoms. The molecule has 0 saturated carbocycles. The van der Waals surface area contributed by atoms with Gasteiger partial charge in [0, 0.05) is 15.4 Å². The highest BCUT2D eigenvalue weighted by Gasteiger charge is 2.14. The van der Waals surface area contributed by atoms with E-state index in [2.05, 4.69) is 58.3 Å². The Morgan fingerprint density at radius 2 is 2.33 bits per heavy atom. The van der Waals surface area contributed by atoms with Crippen LogP contribution in [0.4, 0.5) is 5.69 Å². The molecule has 1 unspecified atom stereocenters. The first-order valence-corrected chi connectivity index (χ1v) is 6.56. The molecule has 1 aliphatic heterocycles. The predicted molar refractivity (Wildman–Crippen MR) is 71.9 cm³/mol. The Kier molecular flexibility index (Phi) is 3.36. The van der Waals surface area contributed by atoms with Crippen molar-refractivity contribution in [2.75, 3.05) is 11.9 Å². The molecule has 0 aliphatic carbocycles. The van der Waals surface area contributed by atoms with Crippen molar-refractivity contribution in [1.82, 2.24) is 0 Å². The van der Waals surface area contributed by atoms with Gasteiger partial charge in [-0.25, -0.2) is 0 Å². The number of nitrogens with one attached hydrogen (secondary N) is 1. The molecule has 0 amide bonds. The summed E-state index contributed by atoms with van der Waals surface area (Å²) in [6, 6.07) is 6.24. The number of rotatable bonds is 1. The van der Waals surface area contributed by atoms with Gasteiger partial charge >= 0.3 is 0 Å². The van der Waals surface area contributed by atoms with E-state index in [0.29, 0.717) is 5.25 Å². The van der Waals surface area contributed by atoms with E-state index in [9.17, 15) is 0 Å². The van der Waals surface area contributed by atoms with Gasteiger partial charge in [-0.2, -0.15) is 0 Å². The third-order valence-electron chi connectivity index (χ3n) is 2.21. The number of aliphatic imine (C=N–C) groups is 1. The van der Waals surface area contributed by atoms with Gasteiger partial charge in [-0.1, -0.05) is 34.6 Å². The monoisotopic (exact) mass is 284 g/mol. The minimum Gasteiger partial charge on any atom is -0.335 e. The lowest BCUT2D eigenvalue weighted by Crippen LogP contribution is -2.05. The van der Waals surface area contributed by atoms with Gasteiger partial charge < -0.3 is 5.32 Å². The Morgan fingerprint density at radius 1 is 1.53 bits per heavy atom. The quantitative estimate of drug-likeness (QED) is 0.851. The topological polar surface area (TPSA) is 24.4 Å². The van der Waals surface area contributed by atoms with Gasteiger partial charge in [0.15, 0.2) is 5.17 Å². The summed E-state index contributed by atoms with van der Waals surface area (Å²) in [5, 5.41) is 4.96. The molecule has 1 atom stereocenters. The largest absolute Gasteiger partial charge is 0.335 e. The first-order chi connectivity index (χ1) is 7.15.